The van der Waals surface area contributed by atoms with Gasteiger partial charge in [0, 0.05) is 11.6 Å². The van der Waals surface area contributed by atoms with Crippen LogP contribution in [-0.2, 0) is 9.53 Å². The van der Waals surface area contributed by atoms with E-state index in [2.05, 4.69) is 0 Å². The molecule has 0 radical (unpaired) electrons. The smallest absolute Gasteiger partial charge is 0.349 e. The molecule has 0 spiro atoms. The first-order valence-electron chi connectivity index (χ1n) is 6.68. The van der Waals surface area contributed by atoms with E-state index in [1.807, 2.05) is 0 Å². The summed E-state index contributed by atoms with van der Waals surface area (Å²) in [6.07, 6.45) is 1.01. The number of halogens is 1. The minimum atomic E-state index is -0.697. The number of nitriles is 1. The van der Waals surface area contributed by atoms with Crippen LogP contribution in [0.4, 0.5) is 4.39 Å². The van der Waals surface area contributed by atoms with Crippen LogP contribution in [0.15, 0.2) is 46.4 Å². The standard InChI is InChI=1S/C17H14FNO3/c1-11(2)21-17(20)13(10-19)9-15-7-8-16(22-15)12-3-5-14(18)6-4-12/h3-9,11H,1-2H3/b13-9+. The summed E-state index contributed by atoms with van der Waals surface area (Å²) in [5, 5.41) is 9.02. The summed E-state index contributed by atoms with van der Waals surface area (Å²) in [6.45, 7) is 3.40. The second-order valence-corrected chi connectivity index (χ2v) is 4.83. The third-order valence-corrected chi connectivity index (χ3v) is 2.73. The average molecular weight is 299 g/mol. The van der Waals surface area contributed by atoms with Crippen molar-refractivity contribution in [3.8, 4) is 17.4 Å². The molecule has 0 atom stereocenters. The number of hydrogen-bond acceptors (Lipinski definition) is 4. The van der Waals surface area contributed by atoms with Crippen molar-refractivity contribution in [1.29, 1.82) is 5.26 Å². The number of rotatable bonds is 4. The minimum absolute atomic E-state index is 0.145. The lowest BCUT2D eigenvalue weighted by molar-refractivity contribution is -0.142. The normalized spacial score (nSPS) is 11.3. The minimum Gasteiger partial charge on any atom is -0.459 e. The molecular formula is C17H14FNO3. The molecule has 0 aliphatic heterocycles. The summed E-state index contributed by atoms with van der Waals surface area (Å²) in [7, 11) is 0. The van der Waals surface area contributed by atoms with Crippen molar-refractivity contribution in [2.24, 2.45) is 0 Å². The van der Waals surface area contributed by atoms with E-state index in [9.17, 15) is 9.18 Å². The fourth-order valence-corrected chi connectivity index (χ4v) is 1.76. The van der Waals surface area contributed by atoms with Crippen LogP contribution in [0.3, 0.4) is 0 Å². The molecule has 2 rings (SSSR count). The van der Waals surface area contributed by atoms with Gasteiger partial charge in [-0.15, -0.1) is 0 Å². The summed E-state index contributed by atoms with van der Waals surface area (Å²) in [4.78, 5) is 11.7. The fourth-order valence-electron chi connectivity index (χ4n) is 1.76. The maximum Gasteiger partial charge on any atom is 0.349 e. The summed E-state index contributed by atoms with van der Waals surface area (Å²) in [6, 6.07) is 10.9. The van der Waals surface area contributed by atoms with Crippen LogP contribution >= 0.6 is 0 Å². The van der Waals surface area contributed by atoms with Crippen LogP contribution in [0.5, 0.6) is 0 Å². The van der Waals surface area contributed by atoms with Gasteiger partial charge in [-0.05, 0) is 50.2 Å². The van der Waals surface area contributed by atoms with E-state index in [0.717, 1.165) is 0 Å². The summed E-state index contributed by atoms with van der Waals surface area (Å²) in [5.74, 6) is -0.173. The molecular weight excluding hydrogens is 285 g/mol. The second-order valence-electron chi connectivity index (χ2n) is 4.83. The molecule has 22 heavy (non-hydrogen) atoms. The van der Waals surface area contributed by atoms with Crippen molar-refractivity contribution < 1.29 is 18.3 Å². The molecule has 0 fully saturated rings. The Balaban J connectivity index is 2.23. The lowest BCUT2D eigenvalue weighted by Gasteiger charge is -2.05. The van der Waals surface area contributed by atoms with E-state index < -0.39 is 5.97 Å². The monoisotopic (exact) mass is 299 g/mol. The van der Waals surface area contributed by atoms with Crippen LogP contribution < -0.4 is 0 Å². The number of hydrogen-bond donors (Lipinski definition) is 0. The largest absolute Gasteiger partial charge is 0.459 e. The molecule has 1 aromatic carbocycles. The molecule has 112 valence electrons. The third kappa shape index (κ3) is 3.83. The zero-order valence-corrected chi connectivity index (χ0v) is 12.2. The maximum atomic E-state index is 12.9. The Morgan fingerprint density at radius 2 is 1.95 bits per heavy atom. The van der Waals surface area contributed by atoms with Crippen LogP contribution in [0, 0.1) is 17.1 Å². The Kier molecular flexibility index (Phi) is 4.74. The van der Waals surface area contributed by atoms with Gasteiger partial charge in [0.05, 0.1) is 6.10 Å². The number of furan rings is 1. The number of benzene rings is 1. The zero-order valence-electron chi connectivity index (χ0n) is 12.2. The van der Waals surface area contributed by atoms with Crippen molar-refractivity contribution in [1.82, 2.24) is 0 Å². The van der Waals surface area contributed by atoms with E-state index in [-0.39, 0.29) is 17.5 Å². The highest BCUT2D eigenvalue weighted by Gasteiger charge is 2.13. The first kappa shape index (κ1) is 15.5. The van der Waals surface area contributed by atoms with Gasteiger partial charge in [0.2, 0.25) is 0 Å². The molecule has 4 nitrogen and oxygen atoms in total. The first-order chi connectivity index (χ1) is 10.5. The predicted molar refractivity (Wildman–Crippen MR) is 78.9 cm³/mol. The van der Waals surface area contributed by atoms with Gasteiger partial charge in [0.1, 0.15) is 29.0 Å². The first-order valence-corrected chi connectivity index (χ1v) is 6.68. The lowest BCUT2D eigenvalue weighted by Crippen LogP contribution is -2.12. The van der Waals surface area contributed by atoms with E-state index in [0.29, 0.717) is 17.1 Å². The maximum absolute atomic E-state index is 12.9. The van der Waals surface area contributed by atoms with Crippen LogP contribution in [0.25, 0.3) is 17.4 Å². The fraction of sp³-hybridized carbons (Fsp3) is 0.176. The molecule has 0 bridgehead atoms. The summed E-state index contributed by atoms with van der Waals surface area (Å²) < 4.78 is 23.4. The summed E-state index contributed by atoms with van der Waals surface area (Å²) >= 11 is 0. The molecule has 0 saturated heterocycles. The highest BCUT2D eigenvalue weighted by molar-refractivity contribution is 5.97. The van der Waals surface area contributed by atoms with Gasteiger partial charge in [-0.25, -0.2) is 9.18 Å². The van der Waals surface area contributed by atoms with E-state index in [1.165, 1.54) is 18.2 Å². The van der Waals surface area contributed by atoms with Crippen molar-refractivity contribution >= 4 is 12.0 Å². The topological polar surface area (TPSA) is 63.2 Å². The number of esters is 1. The SMILES string of the molecule is CC(C)OC(=O)/C(C#N)=C/c1ccc(-c2ccc(F)cc2)o1. The Morgan fingerprint density at radius 1 is 1.27 bits per heavy atom. The van der Waals surface area contributed by atoms with Crippen LogP contribution in [-0.4, -0.2) is 12.1 Å². The molecule has 0 unspecified atom stereocenters. The Labute approximate surface area is 127 Å². The lowest BCUT2D eigenvalue weighted by atomic mass is 10.2. The van der Waals surface area contributed by atoms with Crippen LogP contribution in [0.2, 0.25) is 0 Å². The van der Waals surface area contributed by atoms with Gasteiger partial charge in [-0.1, -0.05) is 0 Å². The Morgan fingerprint density at radius 3 is 2.55 bits per heavy atom. The number of carbonyl (C=O) groups is 1. The van der Waals surface area contributed by atoms with Crippen molar-refractivity contribution in [2.75, 3.05) is 0 Å². The van der Waals surface area contributed by atoms with Crippen molar-refractivity contribution in [3.05, 3.63) is 53.5 Å². The van der Waals surface area contributed by atoms with Gasteiger partial charge in [0.15, 0.2) is 0 Å². The number of carbonyl (C=O) groups excluding carboxylic acids is 1. The van der Waals surface area contributed by atoms with Gasteiger partial charge in [-0.2, -0.15) is 5.26 Å². The molecule has 0 amide bonds. The van der Waals surface area contributed by atoms with Crippen molar-refractivity contribution in [2.45, 2.75) is 20.0 Å². The molecule has 1 heterocycles. The third-order valence-electron chi connectivity index (χ3n) is 2.73. The summed E-state index contributed by atoms with van der Waals surface area (Å²) in [5.41, 5.74) is 0.554. The van der Waals surface area contributed by atoms with Gasteiger partial charge in [0.25, 0.3) is 0 Å². The van der Waals surface area contributed by atoms with E-state index in [1.54, 1.807) is 44.2 Å². The van der Waals surface area contributed by atoms with Crippen LogP contribution in [0.1, 0.15) is 19.6 Å². The highest BCUT2D eigenvalue weighted by Crippen LogP contribution is 2.23. The van der Waals surface area contributed by atoms with Crippen molar-refractivity contribution in [3.63, 3.8) is 0 Å². The number of ether oxygens (including phenoxy) is 1. The highest BCUT2D eigenvalue weighted by atomic mass is 19.1. The van der Waals surface area contributed by atoms with Gasteiger partial charge in [-0.3, -0.25) is 0 Å². The van der Waals surface area contributed by atoms with Gasteiger partial charge >= 0.3 is 5.97 Å². The molecule has 5 heteroatoms. The second kappa shape index (κ2) is 6.72. The number of nitrogens with zero attached hydrogens (tertiary/aromatic N) is 1. The molecule has 0 saturated carbocycles. The molecule has 0 N–H and O–H groups in total. The quantitative estimate of drug-likeness (QED) is 0.487. The average Bonchev–Trinajstić information content (AvgIpc) is 2.93. The molecule has 2 aromatic rings. The van der Waals surface area contributed by atoms with Gasteiger partial charge < -0.3 is 9.15 Å². The Hall–Kier alpha value is -2.87. The Bertz CT molecular complexity index is 736. The van der Waals surface area contributed by atoms with E-state index in [4.69, 9.17) is 14.4 Å². The zero-order chi connectivity index (χ0) is 16.1. The predicted octanol–water partition coefficient (Wildman–Crippen LogP) is 3.94. The molecule has 0 aliphatic carbocycles. The molecule has 0 aliphatic rings. The molecule has 1 aromatic heterocycles. The van der Waals surface area contributed by atoms with E-state index >= 15 is 0 Å².